The second-order valence-electron chi connectivity index (χ2n) is 3.77. The molecule has 0 fully saturated rings. The number of aromatic nitrogens is 2. The Morgan fingerprint density at radius 1 is 0.850 bits per heavy atom. The second kappa shape index (κ2) is 7.10. The average Bonchev–Trinajstić information content (AvgIpc) is 3.03. The Morgan fingerprint density at radius 2 is 1.40 bits per heavy atom. The summed E-state index contributed by atoms with van der Waals surface area (Å²) in [5.74, 6) is 1.24. The van der Waals surface area contributed by atoms with Crippen molar-refractivity contribution < 1.29 is 4.74 Å². The van der Waals surface area contributed by atoms with Crippen molar-refractivity contribution in [1.82, 2.24) is 9.59 Å². The summed E-state index contributed by atoms with van der Waals surface area (Å²) in [5, 5.41) is 5.31. The highest BCUT2D eigenvalue weighted by atomic mass is 32.1. The molecule has 1 aromatic heterocycles. The largest absolute Gasteiger partial charge is 0.453 e. The molecule has 0 unspecified atom stereocenters. The maximum Gasteiger partial charge on any atom is 0.150 e. The highest BCUT2D eigenvalue weighted by molar-refractivity contribution is 7.03. The molecule has 4 N–H and O–H groups in total. The van der Waals surface area contributed by atoms with E-state index in [1.54, 1.807) is 18.3 Å². The molecule has 0 aliphatic heterocycles. The van der Waals surface area contributed by atoms with Gasteiger partial charge >= 0.3 is 0 Å². The van der Waals surface area contributed by atoms with Gasteiger partial charge in [0.05, 0.1) is 17.6 Å². The maximum atomic E-state index is 5.75. The Bertz CT molecular complexity index is 582. The van der Waals surface area contributed by atoms with Crippen molar-refractivity contribution in [1.29, 1.82) is 0 Å². The van der Waals surface area contributed by atoms with Gasteiger partial charge in [0.1, 0.15) is 11.5 Å². The van der Waals surface area contributed by atoms with Gasteiger partial charge in [0, 0.05) is 5.38 Å². The van der Waals surface area contributed by atoms with Crippen LogP contribution in [0.5, 0.6) is 11.5 Å². The third-order valence-corrected chi connectivity index (χ3v) is 2.77. The molecular formula is C14H14N4OS. The van der Waals surface area contributed by atoms with Crippen molar-refractivity contribution in [2.45, 2.75) is 0 Å². The van der Waals surface area contributed by atoms with E-state index in [0.717, 1.165) is 0 Å². The lowest BCUT2D eigenvalue weighted by atomic mass is 10.3. The Balaban J connectivity index is 0.000000247. The quantitative estimate of drug-likeness (QED) is 0.706. The van der Waals surface area contributed by atoms with Crippen molar-refractivity contribution in [3.63, 3.8) is 0 Å². The molecule has 0 amide bonds. The minimum absolute atomic E-state index is 0.598. The van der Waals surface area contributed by atoms with Crippen LogP contribution in [-0.2, 0) is 0 Å². The highest BCUT2D eigenvalue weighted by Gasteiger charge is 2.02. The molecule has 0 atom stereocenters. The summed E-state index contributed by atoms with van der Waals surface area (Å²) in [7, 11) is 0. The fraction of sp³-hybridized carbons (Fsp3) is 0. The predicted molar refractivity (Wildman–Crippen MR) is 81.7 cm³/mol. The van der Waals surface area contributed by atoms with Crippen molar-refractivity contribution in [2.24, 2.45) is 0 Å². The van der Waals surface area contributed by atoms with Crippen LogP contribution in [0.4, 0.5) is 11.4 Å². The van der Waals surface area contributed by atoms with Crippen LogP contribution in [0, 0.1) is 0 Å². The molecule has 5 nitrogen and oxygen atoms in total. The van der Waals surface area contributed by atoms with Gasteiger partial charge in [0.25, 0.3) is 0 Å². The summed E-state index contributed by atoms with van der Waals surface area (Å²) in [6.45, 7) is 0. The predicted octanol–water partition coefficient (Wildman–Crippen LogP) is 3.18. The molecule has 0 saturated carbocycles. The van der Waals surface area contributed by atoms with Crippen molar-refractivity contribution in [3.8, 4) is 11.5 Å². The smallest absolute Gasteiger partial charge is 0.150 e. The van der Waals surface area contributed by atoms with E-state index in [-0.39, 0.29) is 0 Å². The fourth-order valence-corrected chi connectivity index (χ4v) is 1.67. The van der Waals surface area contributed by atoms with E-state index >= 15 is 0 Å². The summed E-state index contributed by atoms with van der Waals surface area (Å²) >= 11 is 1.35. The zero-order chi connectivity index (χ0) is 14.2. The zero-order valence-corrected chi connectivity index (χ0v) is 11.5. The van der Waals surface area contributed by atoms with E-state index in [1.807, 2.05) is 41.8 Å². The lowest BCUT2D eigenvalue weighted by Gasteiger charge is -2.09. The van der Waals surface area contributed by atoms with E-state index < -0.39 is 0 Å². The van der Waals surface area contributed by atoms with Gasteiger partial charge in [-0.2, -0.15) is 0 Å². The fourth-order valence-electron chi connectivity index (χ4n) is 1.40. The highest BCUT2D eigenvalue weighted by Crippen LogP contribution is 2.30. The normalized spacial score (nSPS) is 9.40. The molecule has 0 bridgehead atoms. The monoisotopic (exact) mass is 286 g/mol. The van der Waals surface area contributed by atoms with Gasteiger partial charge in [-0.25, -0.2) is 0 Å². The maximum absolute atomic E-state index is 5.75. The first-order chi connectivity index (χ1) is 9.77. The Hall–Kier alpha value is -2.60. The Labute approximate surface area is 121 Å². The van der Waals surface area contributed by atoms with Crippen molar-refractivity contribution in [2.75, 3.05) is 11.5 Å². The van der Waals surface area contributed by atoms with Crippen LogP contribution in [0.3, 0.4) is 0 Å². The van der Waals surface area contributed by atoms with Gasteiger partial charge in [-0.3, -0.25) is 0 Å². The standard InChI is InChI=1S/C12H12N2O.C2H2N2S/c13-9-5-1-3-7-11(9)15-12-8-4-2-6-10(12)14;1-2-5-4-3-1/h1-8H,13-14H2;1-2H. The van der Waals surface area contributed by atoms with Crippen LogP contribution in [0.25, 0.3) is 0 Å². The van der Waals surface area contributed by atoms with Gasteiger partial charge < -0.3 is 16.2 Å². The van der Waals surface area contributed by atoms with E-state index in [2.05, 4.69) is 9.59 Å². The van der Waals surface area contributed by atoms with E-state index in [0.29, 0.717) is 22.9 Å². The number of nitrogen functional groups attached to an aromatic ring is 2. The molecule has 0 spiro atoms. The number of nitrogens with zero attached hydrogens (tertiary/aromatic N) is 2. The molecule has 20 heavy (non-hydrogen) atoms. The first-order valence-electron chi connectivity index (χ1n) is 5.85. The SMILES string of the molecule is Nc1ccccc1Oc1ccccc1N.c1csnn1. The van der Waals surface area contributed by atoms with Crippen molar-refractivity contribution in [3.05, 3.63) is 60.1 Å². The van der Waals surface area contributed by atoms with E-state index in [1.165, 1.54) is 11.5 Å². The minimum atomic E-state index is 0.598. The minimum Gasteiger partial charge on any atom is -0.453 e. The lowest BCUT2D eigenvalue weighted by Crippen LogP contribution is -1.94. The Morgan fingerprint density at radius 3 is 1.75 bits per heavy atom. The molecule has 1 heterocycles. The molecule has 0 saturated heterocycles. The van der Waals surface area contributed by atoms with Gasteiger partial charge in [-0.15, -0.1) is 5.10 Å². The topological polar surface area (TPSA) is 87.0 Å². The number of para-hydroxylation sites is 4. The van der Waals surface area contributed by atoms with Crippen LogP contribution < -0.4 is 16.2 Å². The Kier molecular flexibility index (Phi) is 4.91. The molecular weight excluding hydrogens is 272 g/mol. The second-order valence-corrected chi connectivity index (χ2v) is 4.41. The van der Waals surface area contributed by atoms with Crippen molar-refractivity contribution >= 4 is 22.9 Å². The summed E-state index contributed by atoms with van der Waals surface area (Å²) in [6.07, 6.45) is 1.66. The summed E-state index contributed by atoms with van der Waals surface area (Å²) in [6, 6.07) is 14.6. The zero-order valence-electron chi connectivity index (χ0n) is 10.6. The summed E-state index contributed by atoms with van der Waals surface area (Å²) < 4.78 is 9.10. The molecule has 0 radical (unpaired) electrons. The van der Waals surface area contributed by atoms with Gasteiger partial charge in [0.2, 0.25) is 0 Å². The van der Waals surface area contributed by atoms with E-state index in [9.17, 15) is 0 Å². The molecule has 0 aliphatic carbocycles. The first kappa shape index (κ1) is 13.8. The summed E-state index contributed by atoms with van der Waals surface area (Å²) in [4.78, 5) is 0. The number of hydrogen-bond donors (Lipinski definition) is 2. The third kappa shape index (κ3) is 3.96. The lowest BCUT2D eigenvalue weighted by molar-refractivity contribution is 0.487. The summed E-state index contributed by atoms with van der Waals surface area (Å²) in [5.41, 5.74) is 12.7. The number of nitrogens with two attached hydrogens (primary N) is 2. The van der Waals surface area contributed by atoms with Gasteiger partial charge in [0.15, 0.2) is 0 Å². The van der Waals surface area contributed by atoms with Crippen LogP contribution in [0.15, 0.2) is 60.1 Å². The van der Waals surface area contributed by atoms with Crippen LogP contribution >= 0.6 is 11.5 Å². The molecule has 3 aromatic rings. The molecule has 3 rings (SSSR count). The number of ether oxygens (including phenoxy) is 1. The number of hydrogen-bond acceptors (Lipinski definition) is 6. The van der Waals surface area contributed by atoms with Gasteiger partial charge in [-0.05, 0) is 35.8 Å². The molecule has 102 valence electrons. The third-order valence-electron chi connectivity index (χ3n) is 2.34. The van der Waals surface area contributed by atoms with Crippen LogP contribution in [0.2, 0.25) is 0 Å². The first-order valence-corrected chi connectivity index (χ1v) is 6.69. The number of benzene rings is 2. The molecule has 6 heteroatoms. The van der Waals surface area contributed by atoms with E-state index in [4.69, 9.17) is 16.2 Å². The molecule has 2 aromatic carbocycles. The van der Waals surface area contributed by atoms with Gasteiger partial charge in [-0.1, -0.05) is 28.8 Å². The van der Waals surface area contributed by atoms with Crippen LogP contribution in [-0.4, -0.2) is 9.59 Å². The average molecular weight is 286 g/mol. The molecule has 0 aliphatic rings. The van der Waals surface area contributed by atoms with Crippen LogP contribution in [0.1, 0.15) is 0 Å². The number of rotatable bonds is 2. The number of anilines is 2.